The Kier molecular flexibility index (Phi) is 4.44. The molecule has 1 saturated heterocycles. The van der Waals surface area contributed by atoms with Crippen molar-refractivity contribution in [2.24, 2.45) is 11.1 Å². The van der Waals surface area contributed by atoms with Crippen LogP contribution >= 0.6 is 27.5 Å². The van der Waals surface area contributed by atoms with Crippen LogP contribution in [0.15, 0.2) is 21.5 Å². The maximum atomic E-state index is 12.4. The minimum Gasteiger partial charge on any atom is -0.338 e. The average Bonchev–Trinajstić information content (AvgIpc) is 2.73. The van der Waals surface area contributed by atoms with Crippen LogP contribution in [0.5, 0.6) is 0 Å². The average molecular weight is 382 g/mol. The van der Waals surface area contributed by atoms with E-state index in [1.165, 1.54) is 12.1 Å². The van der Waals surface area contributed by atoms with Gasteiger partial charge in [0.05, 0.1) is 15.5 Å². The summed E-state index contributed by atoms with van der Waals surface area (Å²) in [6.45, 7) is 3.36. The lowest BCUT2D eigenvalue weighted by molar-refractivity contribution is 0.0788. The Morgan fingerprint density at radius 1 is 1.50 bits per heavy atom. The van der Waals surface area contributed by atoms with E-state index in [2.05, 4.69) is 22.9 Å². The van der Waals surface area contributed by atoms with Crippen molar-refractivity contribution in [3.63, 3.8) is 0 Å². The zero-order valence-corrected chi connectivity index (χ0v) is 13.9. The van der Waals surface area contributed by atoms with E-state index in [1.54, 1.807) is 4.90 Å². The maximum absolute atomic E-state index is 12.4. The Bertz CT molecular complexity index is 663. The molecule has 0 aliphatic carbocycles. The number of rotatable bonds is 2. The highest BCUT2D eigenvalue weighted by Crippen LogP contribution is 2.30. The molecule has 1 atom stereocenters. The first-order valence-corrected chi connectivity index (χ1v) is 8.73. The van der Waals surface area contributed by atoms with Gasteiger partial charge in [-0.1, -0.05) is 18.5 Å². The van der Waals surface area contributed by atoms with Gasteiger partial charge in [-0.15, -0.1) is 0 Å². The molecule has 1 aromatic rings. The molecule has 110 valence electrons. The fraction of sp³-hybridized carbons (Fsp3) is 0.417. The van der Waals surface area contributed by atoms with Gasteiger partial charge in [0.15, 0.2) is 0 Å². The molecule has 1 fully saturated rings. The topological polar surface area (TPSA) is 80.5 Å². The maximum Gasteiger partial charge on any atom is 0.255 e. The highest BCUT2D eigenvalue weighted by Gasteiger charge is 2.27. The van der Waals surface area contributed by atoms with E-state index in [-0.39, 0.29) is 25.9 Å². The summed E-state index contributed by atoms with van der Waals surface area (Å²) in [5, 5.41) is 5.33. The molecule has 0 bridgehead atoms. The van der Waals surface area contributed by atoms with E-state index in [1.807, 2.05) is 0 Å². The molecular formula is C12H14BrClN2O3S. The number of halogens is 2. The molecule has 2 rings (SSSR count). The summed E-state index contributed by atoms with van der Waals surface area (Å²) in [7, 11) is -3.92. The predicted octanol–water partition coefficient (Wildman–Crippen LogP) is 2.23. The van der Waals surface area contributed by atoms with Gasteiger partial charge in [0.25, 0.3) is 5.91 Å². The monoisotopic (exact) mass is 380 g/mol. The van der Waals surface area contributed by atoms with E-state index >= 15 is 0 Å². The van der Waals surface area contributed by atoms with Gasteiger partial charge in [-0.3, -0.25) is 4.79 Å². The lowest BCUT2D eigenvalue weighted by Gasteiger charge is -2.17. The number of benzene rings is 1. The normalized spacial score (nSPS) is 19.4. The third-order valence-corrected chi connectivity index (χ3v) is 5.45. The second kappa shape index (κ2) is 5.63. The van der Waals surface area contributed by atoms with E-state index < -0.39 is 10.0 Å². The Balaban J connectivity index is 2.44. The molecule has 1 heterocycles. The van der Waals surface area contributed by atoms with Crippen molar-refractivity contribution in [2.75, 3.05) is 13.1 Å². The van der Waals surface area contributed by atoms with Crippen molar-refractivity contribution >= 4 is 43.5 Å². The molecule has 1 amide bonds. The molecule has 8 heteroatoms. The van der Waals surface area contributed by atoms with E-state index in [0.29, 0.717) is 19.0 Å². The van der Waals surface area contributed by atoms with Crippen LogP contribution in [-0.4, -0.2) is 32.3 Å². The van der Waals surface area contributed by atoms with Crippen molar-refractivity contribution in [3.8, 4) is 0 Å². The Labute approximate surface area is 131 Å². The number of likely N-dealkylation sites (tertiary alicyclic amines) is 1. The quantitative estimate of drug-likeness (QED) is 0.853. The van der Waals surface area contributed by atoms with Crippen molar-refractivity contribution in [3.05, 3.63) is 27.2 Å². The van der Waals surface area contributed by atoms with Gasteiger partial charge >= 0.3 is 0 Å². The number of primary sulfonamides is 1. The lowest BCUT2D eigenvalue weighted by atomic mass is 10.2. The molecule has 0 saturated carbocycles. The summed E-state index contributed by atoms with van der Waals surface area (Å²) in [6.07, 6.45) is 0.932. The van der Waals surface area contributed by atoms with Gasteiger partial charge in [-0.25, -0.2) is 13.6 Å². The molecular weight excluding hydrogens is 368 g/mol. The van der Waals surface area contributed by atoms with Crippen LogP contribution in [0.3, 0.4) is 0 Å². The lowest BCUT2D eigenvalue weighted by Crippen LogP contribution is -2.29. The first-order chi connectivity index (χ1) is 9.20. The molecule has 1 aromatic carbocycles. The van der Waals surface area contributed by atoms with Crippen molar-refractivity contribution < 1.29 is 13.2 Å². The Hall–Kier alpha value is -0.630. The molecule has 0 aromatic heterocycles. The van der Waals surface area contributed by atoms with Crippen LogP contribution in [0.4, 0.5) is 0 Å². The number of amides is 1. The highest BCUT2D eigenvalue weighted by molar-refractivity contribution is 9.10. The smallest absolute Gasteiger partial charge is 0.255 e. The predicted molar refractivity (Wildman–Crippen MR) is 80.2 cm³/mol. The highest BCUT2D eigenvalue weighted by atomic mass is 79.9. The number of hydrogen-bond acceptors (Lipinski definition) is 3. The number of nitrogens with two attached hydrogens (primary N) is 1. The summed E-state index contributed by atoms with van der Waals surface area (Å²) in [6, 6.07) is 2.61. The zero-order chi connectivity index (χ0) is 15.1. The third kappa shape index (κ3) is 3.16. The van der Waals surface area contributed by atoms with Crippen LogP contribution in [0.1, 0.15) is 23.7 Å². The van der Waals surface area contributed by atoms with Crippen LogP contribution in [0, 0.1) is 5.92 Å². The fourth-order valence-electron chi connectivity index (χ4n) is 2.20. The number of hydrogen-bond donors (Lipinski definition) is 1. The van der Waals surface area contributed by atoms with Gasteiger partial charge < -0.3 is 4.90 Å². The number of carbonyl (C=O) groups excluding carboxylic acids is 1. The van der Waals surface area contributed by atoms with Crippen molar-refractivity contribution in [1.82, 2.24) is 4.90 Å². The van der Waals surface area contributed by atoms with Crippen LogP contribution in [0.25, 0.3) is 0 Å². The Morgan fingerprint density at radius 2 is 2.15 bits per heavy atom. The third-order valence-electron chi connectivity index (χ3n) is 3.27. The standard InChI is InChI=1S/C12H14BrClN2O3S/c1-7-2-3-16(6-7)12(17)8-4-11(20(15,18)19)9(13)5-10(8)14/h4-5,7H,2-3,6H2,1H3,(H2,15,18,19). The molecule has 1 aliphatic heterocycles. The molecule has 0 radical (unpaired) electrons. The number of carbonyl (C=O) groups is 1. The first-order valence-electron chi connectivity index (χ1n) is 6.01. The van der Waals surface area contributed by atoms with Crippen molar-refractivity contribution in [2.45, 2.75) is 18.2 Å². The second-order valence-corrected chi connectivity index (χ2v) is 7.74. The van der Waals surface area contributed by atoms with Gasteiger partial charge in [-0.2, -0.15) is 0 Å². The van der Waals surface area contributed by atoms with E-state index in [0.717, 1.165) is 6.42 Å². The summed E-state index contributed by atoms with van der Waals surface area (Å²) in [5.41, 5.74) is 0.160. The van der Waals surface area contributed by atoms with Gasteiger partial charge in [0.2, 0.25) is 10.0 Å². The Morgan fingerprint density at radius 3 is 2.65 bits per heavy atom. The largest absolute Gasteiger partial charge is 0.338 e. The van der Waals surface area contributed by atoms with Gasteiger partial charge in [0.1, 0.15) is 0 Å². The zero-order valence-electron chi connectivity index (χ0n) is 10.8. The SMILES string of the molecule is CC1CCN(C(=O)c2cc(S(N)(=O)=O)c(Br)cc2Cl)C1. The first kappa shape index (κ1) is 15.8. The van der Waals surface area contributed by atoms with Crippen LogP contribution in [-0.2, 0) is 10.0 Å². The second-order valence-electron chi connectivity index (χ2n) is 4.95. The summed E-state index contributed by atoms with van der Waals surface area (Å²) >= 11 is 9.14. The fourth-order valence-corrected chi connectivity index (χ4v) is 4.21. The number of sulfonamides is 1. The molecule has 1 unspecified atom stereocenters. The minimum atomic E-state index is -3.92. The molecule has 1 aliphatic rings. The molecule has 2 N–H and O–H groups in total. The summed E-state index contributed by atoms with van der Waals surface area (Å²) in [5.74, 6) is 0.169. The molecule has 0 spiro atoms. The minimum absolute atomic E-state index is 0.141. The van der Waals surface area contributed by atoms with E-state index in [9.17, 15) is 13.2 Å². The molecule has 5 nitrogen and oxygen atoms in total. The summed E-state index contributed by atoms with van der Waals surface area (Å²) < 4.78 is 23.2. The van der Waals surface area contributed by atoms with Crippen LogP contribution in [0.2, 0.25) is 5.02 Å². The summed E-state index contributed by atoms with van der Waals surface area (Å²) in [4.78, 5) is 13.9. The molecule has 20 heavy (non-hydrogen) atoms. The van der Waals surface area contributed by atoms with E-state index in [4.69, 9.17) is 16.7 Å². The van der Waals surface area contributed by atoms with Crippen LogP contribution < -0.4 is 5.14 Å². The van der Waals surface area contributed by atoms with Gasteiger partial charge in [-0.05, 0) is 40.4 Å². The number of nitrogens with zero attached hydrogens (tertiary/aromatic N) is 1. The van der Waals surface area contributed by atoms with Crippen molar-refractivity contribution in [1.29, 1.82) is 0 Å². The van der Waals surface area contributed by atoms with Gasteiger partial charge in [0, 0.05) is 17.6 Å².